The molecule has 8 aromatic rings. The first-order chi connectivity index (χ1) is 23.8. The molecule has 48 heavy (non-hydrogen) atoms. The van der Waals surface area contributed by atoms with Gasteiger partial charge in [-0.2, -0.15) is 0 Å². The van der Waals surface area contributed by atoms with Gasteiger partial charge < -0.3 is 4.90 Å². The van der Waals surface area contributed by atoms with Crippen LogP contribution in [0.3, 0.4) is 0 Å². The van der Waals surface area contributed by atoms with Gasteiger partial charge in [-0.1, -0.05) is 91.0 Å². The van der Waals surface area contributed by atoms with E-state index >= 15 is 0 Å². The van der Waals surface area contributed by atoms with Gasteiger partial charge in [-0.05, 0) is 88.0 Å². The highest BCUT2D eigenvalue weighted by Crippen LogP contribution is 2.64. The monoisotopic (exact) mass is 632 g/mol. The van der Waals surface area contributed by atoms with Crippen molar-refractivity contribution in [2.75, 3.05) is 4.90 Å². The van der Waals surface area contributed by atoms with Crippen LogP contribution < -0.4 is 4.90 Å². The van der Waals surface area contributed by atoms with Gasteiger partial charge in [-0.25, -0.2) is 4.98 Å². The lowest BCUT2D eigenvalue weighted by atomic mass is 9.79. The molecule has 0 N–H and O–H groups in total. The van der Waals surface area contributed by atoms with Gasteiger partial charge in [0.1, 0.15) is 5.00 Å². The van der Waals surface area contributed by atoms with E-state index in [1.807, 2.05) is 60.1 Å². The lowest BCUT2D eigenvalue weighted by molar-refractivity contribution is 0.657. The molecule has 2 aliphatic heterocycles. The molecule has 2 aliphatic rings. The Bertz CT molecular complexity index is 2420. The third-order valence-corrected chi connectivity index (χ3v) is 10.9. The van der Waals surface area contributed by atoms with Crippen molar-refractivity contribution in [2.45, 2.75) is 12.0 Å². The number of benzene rings is 4. The standard InChI is InChI=1S/C43H28N4S/c1-2-12-27(13-3-1)40-31-14-4-6-18-38(31)47-42(40)30-21-20-28(24-33(30)41-32-15-5-7-19-39(32)48-43(41)47)29-25-36(34-16-8-10-22-44-34)46-37(26-29)35-17-9-11-23-45-35/h1-26,40,42H. The Labute approximate surface area is 282 Å². The van der Waals surface area contributed by atoms with Crippen LogP contribution >= 0.6 is 11.3 Å². The minimum absolute atomic E-state index is 0.139. The maximum Gasteiger partial charge on any atom is 0.105 e. The van der Waals surface area contributed by atoms with Gasteiger partial charge in [0.05, 0.1) is 28.8 Å². The molecule has 4 aromatic carbocycles. The average Bonchev–Trinajstić information content (AvgIpc) is 3.72. The van der Waals surface area contributed by atoms with Gasteiger partial charge in [0.2, 0.25) is 0 Å². The van der Waals surface area contributed by atoms with Crippen molar-refractivity contribution in [2.24, 2.45) is 0 Å². The minimum Gasteiger partial charge on any atom is -0.324 e. The smallest absolute Gasteiger partial charge is 0.105 e. The van der Waals surface area contributed by atoms with Crippen LogP contribution in [0, 0.1) is 0 Å². The highest BCUT2D eigenvalue weighted by molar-refractivity contribution is 7.23. The van der Waals surface area contributed by atoms with Crippen molar-refractivity contribution in [1.29, 1.82) is 0 Å². The molecule has 4 nitrogen and oxygen atoms in total. The van der Waals surface area contributed by atoms with Crippen molar-refractivity contribution in [3.05, 3.63) is 175 Å². The van der Waals surface area contributed by atoms with E-state index in [9.17, 15) is 0 Å². The van der Waals surface area contributed by atoms with Crippen LogP contribution in [-0.2, 0) is 0 Å². The number of para-hydroxylation sites is 1. The molecule has 226 valence electrons. The van der Waals surface area contributed by atoms with Gasteiger partial charge in [0, 0.05) is 39.6 Å². The summed E-state index contributed by atoms with van der Waals surface area (Å²) >= 11 is 1.90. The van der Waals surface area contributed by atoms with E-state index in [4.69, 9.17) is 4.98 Å². The fourth-order valence-corrected chi connectivity index (χ4v) is 8.94. The summed E-state index contributed by atoms with van der Waals surface area (Å²) in [6.07, 6.45) is 3.64. The van der Waals surface area contributed by atoms with Crippen LogP contribution in [0.25, 0.3) is 55.1 Å². The predicted molar refractivity (Wildman–Crippen MR) is 197 cm³/mol. The summed E-state index contributed by atoms with van der Waals surface area (Å²) in [6, 6.07) is 52.3. The predicted octanol–water partition coefficient (Wildman–Crippen LogP) is 11.1. The largest absolute Gasteiger partial charge is 0.324 e. The number of hydrogen-bond donors (Lipinski definition) is 0. The van der Waals surface area contributed by atoms with Crippen LogP contribution in [0.1, 0.15) is 28.7 Å². The molecule has 0 radical (unpaired) electrons. The quantitative estimate of drug-likeness (QED) is 0.194. The lowest BCUT2D eigenvalue weighted by Gasteiger charge is -2.36. The van der Waals surface area contributed by atoms with Crippen LogP contribution in [-0.4, -0.2) is 15.0 Å². The number of aromatic nitrogens is 3. The molecule has 2 unspecified atom stereocenters. The van der Waals surface area contributed by atoms with E-state index in [1.165, 1.54) is 48.6 Å². The first-order valence-corrected chi connectivity index (χ1v) is 17.1. The molecule has 4 aromatic heterocycles. The Balaban J connectivity index is 1.22. The normalized spacial score (nSPS) is 15.9. The number of pyridine rings is 3. The highest BCUT2D eigenvalue weighted by atomic mass is 32.1. The number of fused-ring (bicyclic) bond motifs is 10. The molecule has 2 atom stereocenters. The molecule has 5 heteroatoms. The zero-order chi connectivity index (χ0) is 31.6. The molecule has 6 heterocycles. The molecule has 10 rings (SSSR count). The second-order valence-electron chi connectivity index (χ2n) is 12.4. The van der Waals surface area contributed by atoms with Crippen LogP contribution in [0.2, 0.25) is 0 Å². The molecule has 0 spiro atoms. The Morgan fingerprint density at radius 3 is 1.98 bits per heavy atom. The third kappa shape index (κ3) is 4.18. The summed E-state index contributed by atoms with van der Waals surface area (Å²) in [5.74, 6) is 0.206. The van der Waals surface area contributed by atoms with Crippen molar-refractivity contribution in [1.82, 2.24) is 15.0 Å². The molecular formula is C43H28N4S. The van der Waals surface area contributed by atoms with E-state index in [-0.39, 0.29) is 12.0 Å². The second-order valence-corrected chi connectivity index (χ2v) is 13.4. The third-order valence-electron chi connectivity index (χ3n) is 9.73. The molecule has 0 bridgehead atoms. The van der Waals surface area contributed by atoms with Gasteiger partial charge in [0.15, 0.2) is 0 Å². The number of hydrogen-bond acceptors (Lipinski definition) is 5. The summed E-state index contributed by atoms with van der Waals surface area (Å²) in [6.45, 7) is 0. The molecule has 0 amide bonds. The molecule has 0 fully saturated rings. The Morgan fingerprint density at radius 1 is 0.542 bits per heavy atom. The fourth-order valence-electron chi connectivity index (χ4n) is 7.68. The van der Waals surface area contributed by atoms with Gasteiger partial charge >= 0.3 is 0 Å². The van der Waals surface area contributed by atoms with E-state index in [0.717, 1.165) is 33.9 Å². The maximum atomic E-state index is 5.04. The second kappa shape index (κ2) is 10.8. The Morgan fingerprint density at radius 2 is 1.23 bits per heavy atom. The van der Waals surface area contributed by atoms with Crippen LogP contribution in [0.4, 0.5) is 10.7 Å². The van der Waals surface area contributed by atoms with Crippen molar-refractivity contribution < 1.29 is 0 Å². The zero-order valence-corrected chi connectivity index (χ0v) is 26.7. The van der Waals surface area contributed by atoms with E-state index in [2.05, 4.69) is 124 Å². The summed E-state index contributed by atoms with van der Waals surface area (Å²) in [7, 11) is 0. The van der Waals surface area contributed by atoms with Crippen molar-refractivity contribution >= 4 is 32.1 Å². The van der Waals surface area contributed by atoms with E-state index in [1.54, 1.807) is 0 Å². The fraction of sp³-hybridized carbons (Fsp3) is 0.0465. The van der Waals surface area contributed by atoms with Crippen molar-refractivity contribution in [3.8, 4) is 45.0 Å². The minimum atomic E-state index is 0.139. The van der Waals surface area contributed by atoms with Crippen molar-refractivity contribution in [3.63, 3.8) is 0 Å². The van der Waals surface area contributed by atoms with Gasteiger partial charge in [0.25, 0.3) is 0 Å². The molecular weight excluding hydrogens is 605 g/mol. The number of thiophene rings is 1. The summed E-state index contributed by atoms with van der Waals surface area (Å²) in [5, 5.41) is 2.61. The molecule has 0 saturated heterocycles. The first-order valence-electron chi connectivity index (χ1n) is 16.3. The number of anilines is 2. The van der Waals surface area contributed by atoms with E-state index in [0.29, 0.717) is 0 Å². The summed E-state index contributed by atoms with van der Waals surface area (Å²) < 4.78 is 1.30. The summed E-state index contributed by atoms with van der Waals surface area (Å²) in [4.78, 5) is 17.0. The van der Waals surface area contributed by atoms with Crippen LogP contribution in [0.5, 0.6) is 0 Å². The van der Waals surface area contributed by atoms with Gasteiger partial charge in [-0.15, -0.1) is 11.3 Å². The lowest BCUT2D eigenvalue weighted by Crippen LogP contribution is -2.26. The maximum absolute atomic E-state index is 5.04. The van der Waals surface area contributed by atoms with Crippen LogP contribution in [0.15, 0.2) is 158 Å². The Kier molecular flexibility index (Phi) is 6.14. The first kappa shape index (κ1) is 27.2. The SMILES string of the molecule is c1ccc(C2c3ccccc3N3c4sc5ccccc5c4-c4cc(-c5cc(-c6ccccn6)nc(-c6ccccn6)c5)ccc4C23)cc1. The topological polar surface area (TPSA) is 41.9 Å². The van der Waals surface area contributed by atoms with E-state index < -0.39 is 0 Å². The average molecular weight is 633 g/mol. The molecule has 0 saturated carbocycles. The Hall–Kier alpha value is -5.91. The zero-order valence-electron chi connectivity index (χ0n) is 25.9. The number of rotatable bonds is 4. The number of nitrogens with zero attached hydrogens (tertiary/aromatic N) is 4. The molecule has 0 aliphatic carbocycles. The highest BCUT2D eigenvalue weighted by Gasteiger charge is 2.46. The van der Waals surface area contributed by atoms with Gasteiger partial charge in [-0.3, -0.25) is 9.97 Å². The summed E-state index contributed by atoms with van der Waals surface area (Å²) in [5.41, 5.74) is 13.5.